The van der Waals surface area contributed by atoms with Crippen LogP contribution in [0.2, 0.25) is 0 Å². The Balaban J connectivity index is 1.51. The van der Waals surface area contributed by atoms with Gasteiger partial charge in [0, 0.05) is 36.0 Å². The third kappa shape index (κ3) is 3.54. The summed E-state index contributed by atoms with van der Waals surface area (Å²) in [6.07, 6.45) is 3.49. The molecule has 2 fully saturated rings. The van der Waals surface area contributed by atoms with E-state index in [1.807, 2.05) is 24.3 Å². The molecule has 0 N–H and O–H groups in total. The summed E-state index contributed by atoms with van der Waals surface area (Å²) in [6, 6.07) is 14.8. The lowest BCUT2D eigenvalue weighted by Gasteiger charge is -2.35. The van der Waals surface area contributed by atoms with Crippen LogP contribution in [0.15, 0.2) is 72.9 Å². The van der Waals surface area contributed by atoms with Gasteiger partial charge in [-0.3, -0.25) is 34.6 Å². The minimum absolute atomic E-state index is 0.0473. The number of fused-ring (bicyclic) bond motifs is 5. The number of ketones is 1. The molecule has 2 amide bonds. The molecule has 39 heavy (non-hydrogen) atoms. The van der Waals surface area contributed by atoms with Crippen LogP contribution in [0.1, 0.15) is 33.1 Å². The Morgan fingerprint density at radius 3 is 2.28 bits per heavy atom. The van der Waals surface area contributed by atoms with Crippen molar-refractivity contribution in [2.24, 2.45) is 11.8 Å². The predicted octanol–water partition coefficient (Wildman–Crippen LogP) is 4.21. The van der Waals surface area contributed by atoms with E-state index in [1.165, 1.54) is 36.4 Å². The van der Waals surface area contributed by atoms with Gasteiger partial charge < -0.3 is 4.90 Å². The minimum Gasteiger partial charge on any atom is -0.358 e. The van der Waals surface area contributed by atoms with E-state index in [-0.39, 0.29) is 22.6 Å². The van der Waals surface area contributed by atoms with Gasteiger partial charge in [0.1, 0.15) is 6.04 Å². The average molecular weight is 524 g/mol. The van der Waals surface area contributed by atoms with E-state index in [1.54, 1.807) is 24.1 Å². The van der Waals surface area contributed by atoms with Crippen molar-refractivity contribution in [3.05, 3.63) is 115 Å². The highest BCUT2D eigenvalue weighted by Gasteiger charge is 2.64. The van der Waals surface area contributed by atoms with Crippen LogP contribution in [-0.2, 0) is 9.59 Å². The second-order valence-corrected chi connectivity index (χ2v) is 9.74. The summed E-state index contributed by atoms with van der Waals surface area (Å²) < 4.78 is 0. The summed E-state index contributed by atoms with van der Waals surface area (Å²) in [5.74, 6) is -3.78. The van der Waals surface area contributed by atoms with Gasteiger partial charge in [-0.1, -0.05) is 42.5 Å². The van der Waals surface area contributed by atoms with E-state index in [2.05, 4.69) is 0 Å². The van der Waals surface area contributed by atoms with Crippen LogP contribution in [0.25, 0.3) is 6.08 Å². The van der Waals surface area contributed by atoms with Gasteiger partial charge in [0.05, 0.1) is 33.4 Å². The Labute approximate surface area is 221 Å². The highest BCUT2D eigenvalue weighted by atomic mass is 16.6. The largest absolute Gasteiger partial charge is 0.358 e. The standard InChI is InChI=1S/C28H20N4O7/c1-15-9-10-19(32(38)39)14-21(15)30-27(34)22-23(28(30)35)25(26(33)17-6-4-7-18(13-17)31(36)37)29-12-11-16-5-2-3-8-20(16)24(22)29/h2-14,22-25H,1H3. The molecule has 3 aliphatic rings. The fraction of sp³-hybridized carbons (Fsp3) is 0.179. The van der Waals surface area contributed by atoms with Gasteiger partial charge in [-0.25, -0.2) is 4.90 Å². The Morgan fingerprint density at radius 1 is 0.846 bits per heavy atom. The molecule has 3 heterocycles. The van der Waals surface area contributed by atoms with Crippen LogP contribution in [0.3, 0.4) is 0 Å². The topological polar surface area (TPSA) is 144 Å². The first-order valence-corrected chi connectivity index (χ1v) is 12.1. The number of hydrogen-bond donors (Lipinski definition) is 0. The molecule has 0 aromatic heterocycles. The quantitative estimate of drug-likeness (QED) is 0.209. The smallest absolute Gasteiger partial charge is 0.271 e. The molecule has 6 rings (SSSR count). The normalized spacial score (nSPS) is 22.9. The molecular formula is C28H20N4O7. The lowest BCUT2D eigenvalue weighted by Crippen LogP contribution is -2.44. The first-order valence-electron chi connectivity index (χ1n) is 12.1. The van der Waals surface area contributed by atoms with Gasteiger partial charge in [0.15, 0.2) is 5.78 Å². The summed E-state index contributed by atoms with van der Waals surface area (Å²) >= 11 is 0. The van der Waals surface area contributed by atoms with Crippen molar-refractivity contribution >= 4 is 40.7 Å². The zero-order chi connectivity index (χ0) is 27.6. The van der Waals surface area contributed by atoms with Gasteiger partial charge in [-0.2, -0.15) is 0 Å². The number of imide groups is 1. The Kier molecular flexibility index (Phi) is 5.38. The van der Waals surface area contributed by atoms with Crippen LogP contribution >= 0.6 is 0 Å². The summed E-state index contributed by atoms with van der Waals surface area (Å²) in [7, 11) is 0. The maximum Gasteiger partial charge on any atom is 0.271 e. The van der Waals surface area contributed by atoms with E-state index < -0.39 is 51.4 Å². The number of amides is 2. The van der Waals surface area contributed by atoms with Gasteiger partial charge >= 0.3 is 0 Å². The fourth-order valence-electron chi connectivity index (χ4n) is 5.99. The van der Waals surface area contributed by atoms with Gasteiger partial charge in [0.2, 0.25) is 11.8 Å². The number of carbonyl (C=O) groups excluding carboxylic acids is 3. The SMILES string of the molecule is Cc1ccc([N+](=O)[O-])cc1N1C(=O)C2C(C1=O)C1c3ccccc3C=CN1C2C(=O)c1cccc([N+](=O)[O-])c1. The molecule has 4 unspecified atom stereocenters. The summed E-state index contributed by atoms with van der Waals surface area (Å²) in [6.45, 7) is 1.64. The summed E-state index contributed by atoms with van der Waals surface area (Å²) in [5.41, 5.74) is 1.70. The molecule has 0 aliphatic carbocycles. The molecule has 11 heteroatoms. The maximum absolute atomic E-state index is 14.0. The third-order valence-corrected chi connectivity index (χ3v) is 7.72. The van der Waals surface area contributed by atoms with Crippen LogP contribution in [-0.4, -0.2) is 38.4 Å². The Morgan fingerprint density at radius 2 is 1.54 bits per heavy atom. The van der Waals surface area contributed by atoms with Crippen molar-refractivity contribution in [2.45, 2.75) is 19.0 Å². The molecule has 11 nitrogen and oxygen atoms in total. The Hall–Kier alpha value is -5.19. The number of nitrogens with zero attached hydrogens (tertiary/aromatic N) is 4. The lowest BCUT2D eigenvalue weighted by molar-refractivity contribution is -0.385. The van der Waals surface area contributed by atoms with E-state index in [4.69, 9.17) is 0 Å². The van der Waals surface area contributed by atoms with Crippen molar-refractivity contribution in [3.63, 3.8) is 0 Å². The molecule has 3 aromatic rings. The number of non-ortho nitro benzene ring substituents is 2. The van der Waals surface area contributed by atoms with Crippen LogP contribution in [0, 0.1) is 39.0 Å². The van der Waals surface area contributed by atoms with Crippen LogP contribution in [0.4, 0.5) is 17.1 Å². The number of anilines is 1. The number of hydrogen-bond acceptors (Lipinski definition) is 8. The molecular weight excluding hydrogens is 504 g/mol. The molecule has 3 aromatic carbocycles. The fourth-order valence-corrected chi connectivity index (χ4v) is 5.99. The van der Waals surface area contributed by atoms with E-state index >= 15 is 0 Å². The van der Waals surface area contributed by atoms with Gasteiger partial charge in [-0.05, 0) is 29.7 Å². The second kappa shape index (κ2) is 8.69. The molecule has 4 atom stereocenters. The summed E-state index contributed by atoms with van der Waals surface area (Å²) in [4.78, 5) is 66.3. The number of nitro groups is 2. The molecule has 0 saturated carbocycles. The molecule has 194 valence electrons. The second-order valence-electron chi connectivity index (χ2n) is 9.74. The maximum atomic E-state index is 14.0. The summed E-state index contributed by atoms with van der Waals surface area (Å²) in [5, 5.41) is 22.8. The van der Waals surface area contributed by atoms with Crippen molar-refractivity contribution in [1.82, 2.24) is 4.90 Å². The molecule has 0 spiro atoms. The number of nitro benzene ring substituents is 2. The van der Waals surface area contributed by atoms with Gasteiger partial charge in [-0.15, -0.1) is 0 Å². The van der Waals surface area contributed by atoms with Crippen molar-refractivity contribution < 1.29 is 24.2 Å². The molecule has 2 saturated heterocycles. The number of rotatable bonds is 5. The van der Waals surface area contributed by atoms with Crippen molar-refractivity contribution in [2.75, 3.05) is 4.90 Å². The first-order chi connectivity index (χ1) is 18.7. The molecule has 0 bridgehead atoms. The van der Waals surface area contributed by atoms with Crippen LogP contribution in [0.5, 0.6) is 0 Å². The lowest BCUT2D eigenvalue weighted by atomic mass is 9.83. The minimum atomic E-state index is -1.12. The number of aryl methyl sites for hydroxylation is 1. The first kappa shape index (κ1) is 24.2. The number of benzene rings is 3. The van der Waals surface area contributed by atoms with Crippen molar-refractivity contribution in [1.29, 1.82) is 0 Å². The number of Topliss-reactive ketones (excluding diaryl/α,β-unsaturated/α-hetero) is 1. The highest BCUT2D eigenvalue weighted by molar-refractivity contribution is 6.25. The zero-order valence-corrected chi connectivity index (χ0v) is 20.5. The third-order valence-electron chi connectivity index (χ3n) is 7.72. The van der Waals surface area contributed by atoms with Crippen LogP contribution < -0.4 is 4.90 Å². The van der Waals surface area contributed by atoms with E-state index in [0.29, 0.717) is 5.56 Å². The van der Waals surface area contributed by atoms with Crippen molar-refractivity contribution in [3.8, 4) is 0 Å². The number of carbonyl (C=O) groups is 3. The molecule has 0 radical (unpaired) electrons. The van der Waals surface area contributed by atoms with Gasteiger partial charge in [0.25, 0.3) is 11.4 Å². The average Bonchev–Trinajstić information content (AvgIpc) is 3.41. The zero-order valence-electron chi connectivity index (χ0n) is 20.5. The Bertz CT molecular complexity index is 1650. The predicted molar refractivity (Wildman–Crippen MR) is 139 cm³/mol. The monoisotopic (exact) mass is 524 g/mol. The van der Waals surface area contributed by atoms with E-state index in [0.717, 1.165) is 22.1 Å². The highest BCUT2D eigenvalue weighted by Crippen LogP contribution is 2.54. The van der Waals surface area contributed by atoms with E-state index in [9.17, 15) is 34.6 Å². The molecule has 3 aliphatic heterocycles.